The molecular formula is C14H17N3OS. The predicted octanol–water partition coefficient (Wildman–Crippen LogP) is 3.65. The third-order valence-electron chi connectivity index (χ3n) is 2.54. The van der Waals surface area contributed by atoms with Crippen molar-refractivity contribution in [2.24, 2.45) is 0 Å². The summed E-state index contributed by atoms with van der Waals surface area (Å²) in [5.41, 5.74) is 2.34. The molecule has 1 heterocycles. The van der Waals surface area contributed by atoms with E-state index in [9.17, 15) is 0 Å². The van der Waals surface area contributed by atoms with Crippen LogP contribution in [0.3, 0.4) is 0 Å². The van der Waals surface area contributed by atoms with E-state index < -0.39 is 0 Å². The Kier molecular flexibility index (Phi) is 4.27. The summed E-state index contributed by atoms with van der Waals surface area (Å²) < 4.78 is 5.82. The smallest absolute Gasteiger partial charge is 0.225 e. The molecule has 0 bridgehead atoms. The number of hydrogen-bond donors (Lipinski definition) is 1. The van der Waals surface area contributed by atoms with Gasteiger partial charge in [0.25, 0.3) is 0 Å². The quantitative estimate of drug-likeness (QED) is 0.681. The molecule has 19 heavy (non-hydrogen) atoms. The lowest BCUT2D eigenvalue weighted by atomic mass is 10.1. The lowest BCUT2D eigenvalue weighted by Crippen LogP contribution is -1.98. The Labute approximate surface area is 117 Å². The molecule has 0 aliphatic carbocycles. The van der Waals surface area contributed by atoms with Gasteiger partial charge in [0.2, 0.25) is 5.88 Å². The van der Waals surface area contributed by atoms with Crippen molar-refractivity contribution in [2.75, 3.05) is 18.6 Å². The van der Waals surface area contributed by atoms with Crippen molar-refractivity contribution in [3.63, 3.8) is 0 Å². The Hall–Kier alpha value is -1.75. The van der Waals surface area contributed by atoms with Crippen LogP contribution in [0.25, 0.3) is 0 Å². The van der Waals surface area contributed by atoms with Gasteiger partial charge < -0.3 is 10.1 Å². The van der Waals surface area contributed by atoms with Crippen LogP contribution in [0.5, 0.6) is 11.6 Å². The van der Waals surface area contributed by atoms with Crippen LogP contribution in [-0.4, -0.2) is 23.3 Å². The SMILES string of the molecule is CNc1cc(Oc2cc(C)cc(C)c2)nc(SC)n1. The summed E-state index contributed by atoms with van der Waals surface area (Å²) in [6.45, 7) is 4.10. The van der Waals surface area contributed by atoms with Gasteiger partial charge in [-0.05, 0) is 43.4 Å². The highest BCUT2D eigenvalue weighted by molar-refractivity contribution is 7.98. The van der Waals surface area contributed by atoms with Crippen molar-refractivity contribution >= 4 is 17.6 Å². The van der Waals surface area contributed by atoms with Gasteiger partial charge in [-0.2, -0.15) is 4.98 Å². The van der Waals surface area contributed by atoms with E-state index >= 15 is 0 Å². The van der Waals surface area contributed by atoms with Gasteiger partial charge in [0.1, 0.15) is 11.6 Å². The van der Waals surface area contributed by atoms with E-state index in [-0.39, 0.29) is 0 Å². The number of aromatic nitrogens is 2. The summed E-state index contributed by atoms with van der Waals surface area (Å²) in [5.74, 6) is 2.10. The molecule has 0 saturated carbocycles. The van der Waals surface area contributed by atoms with Crippen LogP contribution < -0.4 is 10.1 Å². The van der Waals surface area contributed by atoms with Crippen LogP contribution in [0, 0.1) is 13.8 Å². The van der Waals surface area contributed by atoms with Crippen molar-refractivity contribution in [1.82, 2.24) is 9.97 Å². The van der Waals surface area contributed by atoms with E-state index in [1.807, 2.05) is 39.3 Å². The molecule has 0 atom stereocenters. The lowest BCUT2D eigenvalue weighted by molar-refractivity contribution is 0.455. The predicted molar refractivity (Wildman–Crippen MR) is 79.3 cm³/mol. The molecule has 2 aromatic rings. The molecule has 0 spiro atoms. The van der Waals surface area contributed by atoms with Crippen LogP contribution >= 0.6 is 11.8 Å². The average Bonchev–Trinajstić information content (AvgIpc) is 2.37. The molecule has 0 unspecified atom stereocenters. The van der Waals surface area contributed by atoms with Crippen LogP contribution in [0.15, 0.2) is 29.4 Å². The third-order valence-corrected chi connectivity index (χ3v) is 3.09. The summed E-state index contributed by atoms with van der Waals surface area (Å²) in [6.07, 6.45) is 1.94. The molecule has 0 saturated heterocycles. The van der Waals surface area contributed by atoms with Gasteiger partial charge in [0.15, 0.2) is 5.16 Å². The molecule has 4 nitrogen and oxygen atoms in total. The number of nitrogens with zero attached hydrogens (tertiary/aromatic N) is 2. The van der Waals surface area contributed by atoms with E-state index in [0.29, 0.717) is 11.0 Å². The number of anilines is 1. The highest BCUT2D eigenvalue weighted by Crippen LogP contribution is 2.25. The monoisotopic (exact) mass is 275 g/mol. The minimum absolute atomic E-state index is 0.550. The molecular weight excluding hydrogens is 258 g/mol. The summed E-state index contributed by atoms with van der Waals surface area (Å²) in [6, 6.07) is 7.89. The van der Waals surface area contributed by atoms with Gasteiger partial charge in [-0.25, -0.2) is 4.98 Å². The largest absolute Gasteiger partial charge is 0.439 e. The minimum Gasteiger partial charge on any atom is -0.439 e. The summed E-state index contributed by atoms with van der Waals surface area (Å²) in [7, 11) is 1.83. The average molecular weight is 275 g/mol. The van der Waals surface area contributed by atoms with Crippen LogP contribution in [0.4, 0.5) is 5.82 Å². The van der Waals surface area contributed by atoms with Gasteiger partial charge >= 0.3 is 0 Å². The second-order valence-electron chi connectivity index (χ2n) is 4.25. The first-order chi connectivity index (χ1) is 9.10. The lowest BCUT2D eigenvalue weighted by Gasteiger charge is -2.09. The Balaban J connectivity index is 2.31. The van der Waals surface area contributed by atoms with Gasteiger partial charge in [0.05, 0.1) is 0 Å². The van der Waals surface area contributed by atoms with Gasteiger partial charge in [-0.15, -0.1) is 0 Å². The first-order valence-electron chi connectivity index (χ1n) is 5.97. The van der Waals surface area contributed by atoms with Crippen molar-refractivity contribution in [3.8, 4) is 11.6 Å². The number of hydrogen-bond acceptors (Lipinski definition) is 5. The van der Waals surface area contributed by atoms with Gasteiger partial charge in [0, 0.05) is 13.1 Å². The minimum atomic E-state index is 0.550. The van der Waals surface area contributed by atoms with Crippen LogP contribution in [0.2, 0.25) is 0 Å². The molecule has 100 valence electrons. The molecule has 1 N–H and O–H groups in total. The van der Waals surface area contributed by atoms with Gasteiger partial charge in [-0.1, -0.05) is 17.8 Å². The third kappa shape index (κ3) is 3.61. The fourth-order valence-electron chi connectivity index (χ4n) is 1.79. The number of ether oxygens (including phenoxy) is 1. The molecule has 0 aliphatic rings. The number of nitrogens with one attached hydrogen (secondary N) is 1. The second-order valence-corrected chi connectivity index (χ2v) is 5.03. The van der Waals surface area contributed by atoms with Crippen LogP contribution in [0.1, 0.15) is 11.1 Å². The molecule has 0 radical (unpaired) electrons. The van der Waals surface area contributed by atoms with Crippen molar-refractivity contribution < 1.29 is 4.74 Å². The normalized spacial score (nSPS) is 10.3. The zero-order chi connectivity index (χ0) is 13.8. The van der Waals surface area contributed by atoms with E-state index in [1.54, 1.807) is 6.07 Å². The standard InChI is InChI=1S/C14H17N3OS/c1-9-5-10(2)7-11(6-9)18-13-8-12(15-3)16-14(17-13)19-4/h5-8H,1-4H3,(H,15,16,17). The summed E-state index contributed by atoms with van der Waals surface area (Å²) >= 11 is 1.49. The highest BCUT2D eigenvalue weighted by atomic mass is 32.2. The first-order valence-corrected chi connectivity index (χ1v) is 7.20. The molecule has 5 heteroatoms. The summed E-state index contributed by atoms with van der Waals surface area (Å²) in [4.78, 5) is 8.65. The van der Waals surface area contributed by atoms with Gasteiger partial charge in [-0.3, -0.25) is 0 Å². The molecule has 0 aliphatic heterocycles. The van der Waals surface area contributed by atoms with Crippen molar-refractivity contribution in [2.45, 2.75) is 19.0 Å². The van der Waals surface area contributed by atoms with Crippen molar-refractivity contribution in [1.29, 1.82) is 0 Å². The zero-order valence-corrected chi connectivity index (χ0v) is 12.3. The Morgan fingerprint density at radius 3 is 2.32 bits per heavy atom. The Morgan fingerprint density at radius 2 is 1.74 bits per heavy atom. The topological polar surface area (TPSA) is 47.0 Å². The molecule has 2 rings (SSSR count). The number of benzene rings is 1. The molecule has 0 amide bonds. The fraction of sp³-hybridized carbons (Fsp3) is 0.286. The maximum Gasteiger partial charge on any atom is 0.225 e. The Bertz CT molecular complexity index is 544. The van der Waals surface area contributed by atoms with E-state index in [2.05, 4.69) is 21.4 Å². The van der Waals surface area contributed by atoms with Crippen LogP contribution in [-0.2, 0) is 0 Å². The number of rotatable bonds is 4. The van der Waals surface area contributed by atoms with Crippen molar-refractivity contribution in [3.05, 3.63) is 35.4 Å². The maximum absolute atomic E-state index is 5.82. The Morgan fingerprint density at radius 1 is 1.05 bits per heavy atom. The first kappa shape index (κ1) is 13.7. The molecule has 1 aromatic heterocycles. The second kappa shape index (κ2) is 5.93. The fourth-order valence-corrected chi connectivity index (χ4v) is 2.16. The number of aryl methyl sites for hydroxylation is 2. The maximum atomic E-state index is 5.82. The molecule has 1 aromatic carbocycles. The zero-order valence-electron chi connectivity index (χ0n) is 11.5. The van der Waals surface area contributed by atoms with E-state index in [4.69, 9.17) is 4.74 Å². The van der Waals surface area contributed by atoms with E-state index in [1.165, 1.54) is 22.9 Å². The number of thioether (sulfide) groups is 1. The highest BCUT2D eigenvalue weighted by Gasteiger charge is 2.06. The molecule has 0 fully saturated rings. The summed E-state index contributed by atoms with van der Waals surface area (Å²) in [5, 5.41) is 3.69. The van der Waals surface area contributed by atoms with E-state index in [0.717, 1.165) is 11.6 Å².